The number of carbonyl (C=O) groups excluding carboxylic acids is 2. The molecule has 2 aromatic carbocycles. The van der Waals surface area contributed by atoms with Gasteiger partial charge in [-0.2, -0.15) is 0 Å². The van der Waals surface area contributed by atoms with Gasteiger partial charge in [0, 0.05) is 11.3 Å². The van der Waals surface area contributed by atoms with Crippen LogP contribution in [0.2, 0.25) is 0 Å². The summed E-state index contributed by atoms with van der Waals surface area (Å²) in [6, 6.07) is 13.3. The number of methoxy groups -OCH3 is 1. The fourth-order valence-electron chi connectivity index (χ4n) is 2.58. The summed E-state index contributed by atoms with van der Waals surface area (Å²) in [6.45, 7) is 4.05. The monoisotopic (exact) mass is 380 g/mol. The summed E-state index contributed by atoms with van der Waals surface area (Å²) in [7, 11) is 1.32. The van der Waals surface area contributed by atoms with Gasteiger partial charge in [-0.25, -0.2) is 4.79 Å². The molecule has 0 radical (unpaired) electrons. The van der Waals surface area contributed by atoms with Crippen LogP contribution in [-0.2, 0) is 11.3 Å². The van der Waals surface area contributed by atoms with Gasteiger partial charge in [0.2, 0.25) is 0 Å². The number of aromatic nitrogens is 1. The van der Waals surface area contributed by atoms with Gasteiger partial charge in [-0.05, 0) is 62.4 Å². The number of benzene rings is 2. The lowest BCUT2D eigenvalue weighted by Crippen LogP contribution is -2.12. The highest BCUT2D eigenvalue weighted by Gasteiger charge is 2.11. The highest BCUT2D eigenvalue weighted by molar-refractivity contribution is 6.04. The molecule has 0 aliphatic carbocycles. The summed E-state index contributed by atoms with van der Waals surface area (Å²) in [5, 5.41) is 6.67. The molecule has 3 aromatic rings. The van der Waals surface area contributed by atoms with E-state index in [2.05, 4.69) is 15.2 Å². The van der Waals surface area contributed by atoms with Gasteiger partial charge < -0.3 is 19.3 Å². The van der Waals surface area contributed by atoms with Crippen LogP contribution in [0.5, 0.6) is 5.75 Å². The van der Waals surface area contributed by atoms with Crippen LogP contribution in [0.1, 0.15) is 37.7 Å². The Morgan fingerprint density at radius 3 is 2.21 bits per heavy atom. The topological polar surface area (TPSA) is 90.7 Å². The summed E-state index contributed by atoms with van der Waals surface area (Å²) in [5.41, 5.74) is 3.20. The number of nitrogens with one attached hydrogen (secondary N) is 1. The molecule has 0 aliphatic rings. The third-order valence-electron chi connectivity index (χ3n) is 4.24. The van der Waals surface area contributed by atoms with Gasteiger partial charge in [-0.3, -0.25) is 4.79 Å². The molecule has 3 rings (SSSR count). The first-order valence-corrected chi connectivity index (χ1v) is 8.62. The van der Waals surface area contributed by atoms with E-state index in [4.69, 9.17) is 9.26 Å². The van der Waals surface area contributed by atoms with Crippen LogP contribution in [0.25, 0.3) is 0 Å². The zero-order valence-electron chi connectivity index (χ0n) is 15.8. The minimum atomic E-state index is -0.426. The van der Waals surface area contributed by atoms with Gasteiger partial charge in [0.05, 0.1) is 23.9 Å². The molecule has 0 atom stereocenters. The van der Waals surface area contributed by atoms with Crippen LogP contribution in [-0.4, -0.2) is 24.1 Å². The number of amides is 1. The Labute approximate surface area is 162 Å². The predicted molar refractivity (Wildman–Crippen MR) is 102 cm³/mol. The van der Waals surface area contributed by atoms with Gasteiger partial charge >= 0.3 is 5.97 Å². The normalized spacial score (nSPS) is 10.4. The van der Waals surface area contributed by atoms with Crippen LogP contribution >= 0.6 is 0 Å². The average Bonchev–Trinajstić information content (AvgIpc) is 3.04. The van der Waals surface area contributed by atoms with E-state index >= 15 is 0 Å². The van der Waals surface area contributed by atoms with E-state index in [1.54, 1.807) is 48.5 Å². The zero-order chi connectivity index (χ0) is 20.1. The second-order valence-electron chi connectivity index (χ2n) is 6.14. The Balaban J connectivity index is 1.59. The molecule has 28 heavy (non-hydrogen) atoms. The maximum absolute atomic E-state index is 12.4. The first kappa shape index (κ1) is 19.2. The van der Waals surface area contributed by atoms with E-state index in [-0.39, 0.29) is 5.91 Å². The third kappa shape index (κ3) is 4.37. The minimum Gasteiger partial charge on any atom is -0.489 e. The fourth-order valence-corrected chi connectivity index (χ4v) is 2.58. The lowest BCUT2D eigenvalue weighted by Gasteiger charge is -2.08. The van der Waals surface area contributed by atoms with Crippen molar-refractivity contribution in [3.63, 3.8) is 0 Å². The number of ether oxygens (including phenoxy) is 2. The first-order chi connectivity index (χ1) is 13.5. The van der Waals surface area contributed by atoms with Crippen molar-refractivity contribution in [1.29, 1.82) is 0 Å². The molecule has 0 spiro atoms. The lowest BCUT2D eigenvalue weighted by atomic mass is 10.1. The number of carbonyl (C=O) groups is 2. The van der Waals surface area contributed by atoms with Crippen molar-refractivity contribution in [2.24, 2.45) is 0 Å². The molecular weight excluding hydrogens is 360 g/mol. The number of aryl methyl sites for hydroxylation is 2. The van der Waals surface area contributed by atoms with Crippen molar-refractivity contribution in [1.82, 2.24) is 5.16 Å². The van der Waals surface area contributed by atoms with Gasteiger partial charge in [0.25, 0.3) is 5.91 Å². The Hall–Kier alpha value is -3.61. The smallest absolute Gasteiger partial charge is 0.337 e. The summed E-state index contributed by atoms with van der Waals surface area (Å²) in [6.07, 6.45) is 0. The Bertz CT molecular complexity index is 956. The number of hydrogen-bond donors (Lipinski definition) is 1. The third-order valence-corrected chi connectivity index (χ3v) is 4.24. The fraction of sp³-hybridized carbons (Fsp3) is 0.190. The molecule has 0 saturated heterocycles. The van der Waals surface area contributed by atoms with Crippen LogP contribution in [0.4, 0.5) is 5.69 Å². The molecule has 0 fully saturated rings. The summed E-state index contributed by atoms with van der Waals surface area (Å²) >= 11 is 0. The molecule has 7 heteroatoms. The molecule has 144 valence electrons. The summed E-state index contributed by atoms with van der Waals surface area (Å²) < 4.78 is 15.5. The number of rotatable bonds is 6. The molecule has 0 saturated carbocycles. The van der Waals surface area contributed by atoms with E-state index < -0.39 is 5.97 Å². The van der Waals surface area contributed by atoms with Gasteiger partial charge in [0.1, 0.15) is 18.1 Å². The average molecular weight is 380 g/mol. The standard InChI is InChI=1S/C21H20N2O5/c1-13-19(14(2)28-23-13)12-27-18-10-6-15(7-11-18)20(24)22-17-8-4-16(5-9-17)21(25)26-3/h4-11H,12H2,1-3H3,(H,22,24). The van der Waals surface area contributed by atoms with Crippen LogP contribution in [0.3, 0.4) is 0 Å². The van der Waals surface area contributed by atoms with Crippen molar-refractivity contribution in [3.05, 3.63) is 76.7 Å². The van der Waals surface area contributed by atoms with E-state index in [0.29, 0.717) is 29.2 Å². The van der Waals surface area contributed by atoms with E-state index in [1.807, 2.05) is 13.8 Å². The van der Waals surface area contributed by atoms with Crippen molar-refractivity contribution >= 4 is 17.6 Å². The zero-order valence-corrected chi connectivity index (χ0v) is 15.8. The molecule has 1 heterocycles. The van der Waals surface area contributed by atoms with Gasteiger partial charge in [-0.1, -0.05) is 5.16 Å². The van der Waals surface area contributed by atoms with Gasteiger partial charge in [0.15, 0.2) is 0 Å². The van der Waals surface area contributed by atoms with Crippen LogP contribution in [0.15, 0.2) is 53.1 Å². The molecule has 1 N–H and O–H groups in total. The molecule has 0 aliphatic heterocycles. The lowest BCUT2D eigenvalue weighted by molar-refractivity contribution is 0.0600. The molecule has 0 bridgehead atoms. The number of hydrogen-bond acceptors (Lipinski definition) is 6. The van der Waals surface area contributed by atoms with E-state index in [0.717, 1.165) is 17.0 Å². The quantitative estimate of drug-likeness (QED) is 0.652. The highest BCUT2D eigenvalue weighted by atomic mass is 16.5. The van der Waals surface area contributed by atoms with E-state index in [9.17, 15) is 9.59 Å². The van der Waals surface area contributed by atoms with Crippen molar-refractivity contribution in [2.45, 2.75) is 20.5 Å². The molecular formula is C21H20N2O5. The second-order valence-corrected chi connectivity index (χ2v) is 6.14. The van der Waals surface area contributed by atoms with Crippen molar-refractivity contribution in [3.8, 4) is 5.75 Å². The number of esters is 1. The SMILES string of the molecule is COC(=O)c1ccc(NC(=O)c2ccc(OCc3c(C)noc3C)cc2)cc1. The molecule has 1 aromatic heterocycles. The molecule has 0 unspecified atom stereocenters. The van der Waals surface area contributed by atoms with Gasteiger partial charge in [-0.15, -0.1) is 0 Å². The highest BCUT2D eigenvalue weighted by Crippen LogP contribution is 2.19. The maximum atomic E-state index is 12.4. The molecule has 1 amide bonds. The molecule has 7 nitrogen and oxygen atoms in total. The van der Waals surface area contributed by atoms with E-state index in [1.165, 1.54) is 7.11 Å². The minimum absolute atomic E-state index is 0.261. The summed E-state index contributed by atoms with van der Waals surface area (Å²) in [4.78, 5) is 23.8. The largest absolute Gasteiger partial charge is 0.489 e. The van der Waals surface area contributed by atoms with Crippen molar-refractivity contribution < 1.29 is 23.6 Å². The Morgan fingerprint density at radius 2 is 1.64 bits per heavy atom. The Morgan fingerprint density at radius 1 is 1.00 bits per heavy atom. The van der Waals surface area contributed by atoms with Crippen LogP contribution < -0.4 is 10.1 Å². The maximum Gasteiger partial charge on any atom is 0.337 e. The van der Waals surface area contributed by atoms with Crippen molar-refractivity contribution in [2.75, 3.05) is 12.4 Å². The predicted octanol–water partition coefficient (Wildman–Crippen LogP) is 3.91. The number of anilines is 1. The second kappa shape index (κ2) is 8.39. The van der Waals surface area contributed by atoms with Crippen LogP contribution in [0, 0.1) is 13.8 Å². The first-order valence-electron chi connectivity index (χ1n) is 8.62. The number of nitrogens with zero attached hydrogens (tertiary/aromatic N) is 1. The Kier molecular flexibility index (Phi) is 5.74. The summed E-state index contributed by atoms with van der Waals surface area (Å²) in [5.74, 6) is 0.679.